The highest BCUT2D eigenvalue weighted by atomic mass is 16.6. The fraction of sp³-hybridized carbons (Fsp3) is 0.323. The Morgan fingerprint density at radius 2 is 1.63 bits per heavy atom. The minimum absolute atomic E-state index is 0.254. The van der Waals surface area contributed by atoms with E-state index in [4.69, 9.17) is 14.2 Å². The zero-order valence-corrected chi connectivity index (χ0v) is 23.1. The third kappa shape index (κ3) is 2.81. The van der Waals surface area contributed by atoms with Crippen molar-refractivity contribution in [3.63, 3.8) is 0 Å². The van der Waals surface area contributed by atoms with Crippen molar-refractivity contribution in [3.05, 3.63) is 59.7 Å². The molecule has 41 heavy (non-hydrogen) atoms. The minimum Gasteiger partial charge on any atom is -0.450 e. The van der Waals surface area contributed by atoms with Gasteiger partial charge in [-0.1, -0.05) is 36.4 Å². The van der Waals surface area contributed by atoms with Gasteiger partial charge < -0.3 is 28.2 Å². The van der Waals surface area contributed by atoms with E-state index in [1.54, 1.807) is 26.0 Å². The van der Waals surface area contributed by atoms with Crippen LogP contribution in [0, 0.1) is 0 Å². The van der Waals surface area contributed by atoms with Gasteiger partial charge in [-0.3, -0.25) is 14.9 Å². The number of methoxy groups -OCH3 is 1. The molecule has 5 heterocycles. The molecule has 3 aliphatic rings. The van der Waals surface area contributed by atoms with Gasteiger partial charge in [0.2, 0.25) is 0 Å². The van der Waals surface area contributed by atoms with E-state index in [0.29, 0.717) is 22.9 Å². The van der Waals surface area contributed by atoms with E-state index in [2.05, 4.69) is 14.5 Å². The molecule has 3 aliphatic heterocycles. The highest BCUT2D eigenvalue weighted by molar-refractivity contribution is 6.39. The minimum atomic E-state index is -1.11. The van der Waals surface area contributed by atoms with Gasteiger partial charge in [0.25, 0.3) is 11.8 Å². The van der Waals surface area contributed by atoms with Crippen molar-refractivity contribution in [3.8, 4) is 0 Å². The van der Waals surface area contributed by atoms with E-state index >= 15 is 0 Å². The van der Waals surface area contributed by atoms with Crippen LogP contribution in [0.25, 0.3) is 43.6 Å². The van der Waals surface area contributed by atoms with E-state index in [9.17, 15) is 14.4 Å². The first-order valence-electron chi connectivity index (χ1n) is 13.8. The van der Waals surface area contributed by atoms with Crippen molar-refractivity contribution in [2.24, 2.45) is 0 Å². The van der Waals surface area contributed by atoms with E-state index in [-0.39, 0.29) is 6.61 Å². The van der Waals surface area contributed by atoms with Crippen LogP contribution in [0.15, 0.2) is 48.5 Å². The molecule has 10 nitrogen and oxygen atoms in total. The van der Waals surface area contributed by atoms with Crippen LogP contribution in [-0.4, -0.2) is 64.9 Å². The van der Waals surface area contributed by atoms with E-state index < -0.39 is 42.0 Å². The van der Waals surface area contributed by atoms with Gasteiger partial charge in [0, 0.05) is 42.1 Å². The lowest BCUT2D eigenvalue weighted by Gasteiger charge is -2.50. The number of nitrogens with one attached hydrogen (secondary N) is 1. The van der Waals surface area contributed by atoms with Crippen LogP contribution in [0.3, 0.4) is 0 Å². The Morgan fingerprint density at radius 3 is 2.29 bits per heavy atom. The summed E-state index contributed by atoms with van der Waals surface area (Å²) >= 11 is 0. The van der Waals surface area contributed by atoms with Gasteiger partial charge in [0.05, 0.1) is 45.8 Å². The molecule has 1 fully saturated rings. The highest BCUT2D eigenvalue weighted by Crippen LogP contribution is 2.54. The molecule has 3 amide bonds. The summed E-state index contributed by atoms with van der Waals surface area (Å²) in [4.78, 5) is 41.6. The van der Waals surface area contributed by atoms with E-state index in [1.165, 1.54) is 0 Å². The summed E-state index contributed by atoms with van der Waals surface area (Å²) in [5, 5.41) is 5.69. The lowest BCUT2D eigenvalue weighted by Crippen LogP contribution is -2.61. The first kappa shape index (κ1) is 24.4. The molecule has 4 atom stereocenters. The summed E-state index contributed by atoms with van der Waals surface area (Å²) in [7, 11) is 3.35. The van der Waals surface area contributed by atoms with Crippen molar-refractivity contribution < 1.29 is 28.6 Å². The van der Waals surface area contributed by atoms with Crippen LogP contribution in [0.5, 0.6) is 0 Å². The van der Waals surface area contributed by atoms with Crippen LogP contribution in [0.1, 0.15) is 47.2 Å². The maximum Gasteiger partial charge on any atom is 0.409 e. The number of carbonyl (C=O) groups excluding carboxylic acids is 3. The molecule has 0 radical (unpaired) electrons. The van der Waals surface area contributed by atoms with Crippen molar-refractivity contribution in [2.45, 2.75) is 44.4 Å². The number of carbonyl (C=O) groups is 3. The largest absolute Gasteiger partial charge is 0.450 e. The maximum absolute atomic E-state index is 13.5. The van der Waals surface area contributed by atoms with Crippen molar-refractivity contribution >= 4 is 61.5 Å². The van der Waals surface area contributed by atoms with Gasteiger partial charge in [0.1, 0.15) is 12.3 Å². The van der Waals surface area contributed by atoms with Crippen LogP contribution in [-0.2, 0) is 19.9 Å². The quantitative estimate of drug-likeness (QED) is 0.321. The number of nitrogens with zero attached hydrogens (tertiary/aromatic N) is 3. The first-order valence-corrected chi connectivity index (χ1v) is 13.8. The smallest absolute Gasteiger partial charge is 0.409 e. The summed E-state index contributed by atoms with van der Waals surface area (Å²) in [5.74, 6) is -0.811. The van der Waals surface area contributed by atoms with Gasteiger partial charge in [-0.2, -0.15) is 0 Å². The van der Waals surface area contributed by atoms with Crippen LogP contribution in [0.2, 0.25) is 0 Å². The summed E-state index contributed by atoms with van der Waals surface area (Å²) in [6.45, 7) is 4.01. The molecule has 2 bridgehead atoms. The molecule has 8 rings (SSSR count). The summed E-state index contributed by atoms with van der Waals surface area (Å²) in [6, 6.07) is 15.3. The van der Waals surface area contributed by atoms with E-state index in [0.717, 1.165) is 38.2 Å². The topological polar surface area (TPSA) is 104 Å². The number of hydrogen-bond acceptors (Lipinski definition) is 6. The summed E-state index contributed by atoms with van der Waals surface area (Å²) in [6.07, 6.45) is -1.13. The van der Waals surface area contributed by atoms with Crippen molar-refractivity contribution in [2.75, 3.05) is 20.8 Å². The predicted molar refractivity (Wildman–Crippen MR) is 152 cm³/mol. The molecule has 0 aliphatic carbocycles. The second-order valence-corrected chi connectivity index (χ2v) is 11.1. The molecule has 0 saturated carbocycles. The third-order valence-electron chi connectivity index (χ3n) is 9.18. The fourth-order valence-corrected chi connectivity index (χ4v) is 7.67. The van der Waals surface area contributed by atoms with E-state index in [1.807, 2.05) is 55.5 Å². The Hall–Kier alpha value is -4.41. The zero-order chi connectivity index (χ0) is 28.4. The Kier molecular flexibility index (Phi) is 4.81. The second kappa shape index (κ2) is 8.08. The Balaban J connectivity index is 1.60. The number of amides is 3. The number of benzene rings is 3. The Bertz CT molecular complexity index is 2010. The van der Waals surface area contributed by atoms with Gasteiger partial charge in [0.15, 0.2) is 5.72 Å². The summed E-state index contributed by atoms with van der Waals surface area (Å²) < 4.78 is 22.9. The number of ether oxygens (including phenoxy) is 3. The molecular weight excluding hydrogens is 524 g/mol. The number of hydrogen-bond donors (Lipinski definition) is 1. The summed E-state index contributed by atoms with van der Waals surface area (Å²) in [5.41, 5.74) is 3.00. The number of fused-ring (bicyclic) bond motifs is 13. The molecule has 10 heteroatoms. The molecule has 3 aromatic carbocycles. The number of para-hydroxylation sites is 2. The molecule has 0 unspecified atom stereocenters. The monoisotopic (exact) mass is 552 g/mol. The standard InChI is InChI=1S/C31H28N4O6/c1-5-40-30(38)33(3)19-14-20-34-17-12-8-6-10-15(17)21-23-24(29(37)32-28(23)36)22-16-11-7-9-13-18(16)35(26(22)25(21)34)31(2,41-20)27(19)39-4/h6-13,19-20,27H,5,14H2,1-4H3,(H,32,36,37)/t19-,20-,27-,31+/m1/s1. The Morgan fingerprint density at radius 1 is 1.02 bits per heavy atom. The van der Waals surface area contributed by atoms with Crippen LogP contribution < -0.4 is 5.32 Å². The lowest BCUT2D eigenvalue weighted by molar-refractivity contribution is -0.265. The van der Waals surface area contributed by atoms with Crippen molar-refractivity contribution in [1.29, 1.82) is 0 Å². The molecule has 1 saturated heterocycles. The number of likely N-dealkylation sites (N-methyl/N-ethyl adjacent to an activating group) is 1. The van der Waals surface area contributed by atoms with Crippen LogP contribution in [0.4, 0.5) is 4.79 Å². The zero-order valence-electron chi connectivity index (χ0n) is 23.1. The van der Waals surface area contributed by atoms with Gasteiger partial charge in [-0.05, 0) is 26.0 Å². The van der Waals surface area contributed by atoms with Gasteiger partial charge >= 0.3 is 6.09 Å². The average Bonchev–Trinajstić information content (AvgIpc) is 3.57. The molecule has 0 spiro atoms. The lowest BCUT2D eigenvalue weighted by atomic mass is 9.92. The maximum atomic E-state index is 13.5. The van der Waals surface area contributed by atoms with Crippen LogP contribution >= 0.6 is 0 Å². The highest BCUT2D eigenvalue weighted by Gasteiger charge is 2.55. The molecule has 1 N–H and O–H groups in total. The molecule has 2 aromatic heterocycles. The number of aromatic nitrogens is 2. The Labute approximate surface area is 234 Å². The molecule has 208 valence electrons. The van der Waals surface area contributed by atoms with Crippen molar-refractivity contribution in [1.82, 2.24) is 19.4 Å². The fourth-order valence-electron chi connectivity index (χ4n) is 7.67. The normalized spacial score (nSPS) is 24.8. The number of rotatable bonds is 3. The molecule has 5 aromatic rings. The predicted octanol–water partition coefficient (Wildman–Crippen LogP) is 4.86. The molecular formula is C31H28N4O6. The average molecular weight is 553 g/mol. The van der Waals surface area contributed by atoms with Gasteiger partial charge in [-0.25, -0.2) is 4.79 Å². The first-order chi connectivity index (χ1) is 19.8. The number of imide groups is 1. The SMILES string of the molecule is CCOC(=O)N(C)[C@@H]1C[C@H]2O[C@@](C)([C@@H]1OC)n1c3ccccc3c3c4c(c5c6ccccc6n2c5c31)C(=O)NC4=O. The van der Waals surface area contributed by atoms with Gasteiger partial charge in [-0.15, -0.1) is 0 Å². The second-order valence-electron chi connectivity index (χ2n) is 11.1. The third-order valence-corrected chi connectivity index (χ3v) is 9.18.